The van der Waals surface area contributed by atoms with Crippen molar-refractivity contribution in [3.63, 3.8) is 0 Å². The summed E-state index contributed by atoms with van der Waals surface area (Å²) in [6, 6.07) is 0.971. The fraction of sp³-hybridized carbons (Fsp3) is 0.100. The molecule has 1 aromatic rings. The Bertz CT molecular complexity index is 484. The second-order valence-corrected chi connectivity index (χ2v) is 3.15. The van der Waals surface area contributed by atoms with Crippen LogP contribution < -0.4 is 11.1 Å². The number of amides is 3. The summed E-state index contributed by atoms with van der Waals surface area (Å²) < 4.78 is 30.0. The third-order valence-electron chi connectivity index (χ3n) is 1.70. The lowest BCUT2D eigenvalue weighted by Crippen LogP contribution is -2.37. The van der Waals surface area contributed by atoms with E-state index >= 15 is 0 Å². The van der Waals surface area contributed by atoms with E-state index < -0.39 is 36.1 Å². The number of hydrogen-bond acceptors (Lipinski definition) is 4. The molecule has 0 saturated carbocycles. The molecule has 0 unspecified atom stereocenters. The Labute approximate surface area is 99.7 Å². The van der Waals surface area contributed by atoms with Crippen molar-refractivity contribution in [2.24, 2.45) is 5.73 Å². The Morgan fingerprint density at radius 3 is 2.22 bits per heavy atom. The van der Waals surface area contributed by atoms with Crippen LogP contribution in [0.3, 0.4) is 0 Å². The third-order valence-corrected chi connectivity index (χ3v) is 1.70. The number of ether oxygens (including phenoxy) is 1. The maximum Gasteiger partial charge on any atom is 0.338 e. The van der Waals surface area contributed by atoms with Crippen molar-refractivity contribution < 1.29 is 27.9 Å². The maximum atomic E-state index is 12.8. The summed E-state index contributed by atoms with van der Waals surface area (Å²) in [6.07, 6.45) is 0. The predicted octanol–water partition coefficient (Wildman–Crippen LogP) is 0.317. The monoisotopic (exact) mass is 258 g/mol. The average Bonchev–Trinajstić information content (AvgIpc) is 2.23. The highest BCUT2D eigenvalue weighted by Crippen LogP contribution is 2.09. The summed E-state index contributed by atoms with van der Waals surface area (Å²) in [4.78, 5) is 32.4. The molecular weight excluding hydrogens is 250 g/mol. The van der Waals surface area contributed by atoms with E-state index in [4.69, 9.17) is 0 Å². The molecule has 18 heavy (non-hydrogen) atoms. The lowest BCUT2D eigenvalue weighted by Gasteiger charge is -2.04. The van der Waals surface area contributed by atoms with Crippen molar-refractivity contribution >= 4 is 17.9 Å². The minimum absolute atomic E-state index is 0.389. The van der Waals surface area contributed by atoms with Gasteiger partial charge >= 0.3 is 12.0 Å². The van der Waals surface area contributed by atoms with E-state index in [2.05, 4.69) is 10.5 Å². The fourth-order valence-electron chi connectivity index (χ4n) is 1.06. The van der Waals surface area contributed by atoms with Crippen molar-refractivity contribution in [2.45, 2.75) is 0 Å². The van der Waals surface area contributed by atoms with Crippen molar-refractivity contribution in [2.75, 3.05) is 6.61 Å². The first-order chi connectivity index (χ1) is 8.38. The number of urea groups is 1. The fourth-order valence-corrected chi connectivity index (χ4v) is 1.06. The first kappa shape index (κ1) is 13.6. The van der Waals surface area contributed by atoms with Gasteiger partial charge in [0.15, 0.2) is 6.61 Å². The number of imide groups is 1. The molecule has 0 aromatic heterocycles. The van der Waals surface area contributed by atoms with Gasteiger partial charge in [-0.15, -0.1) is 0 Å². The van der Waals surface area contributed by atoms with Crippen LogP contribution in [0.5, 0.6) is 0 Å². The smallest absolute Gasteiger partial charge is 0.338 e. The SMILES string of the molecule is NC(=O)NC(=O)COC(=O)c1cc(F)cc(F)c1. The Balaban J connectivity index is 2.60. The number of nitrogens with two attached hydrogens (primary N) is 1. The van der Waals surface area contributed by atoms with Crippen LogP contribution in [0.25, 0.3) is 0 Å². The quantitative estimate of drug-likeness (QED) is 0.762. The van der Waals surface area contributed by atoms with Gasteiger partial charge in [0, 0.05) is 6.07 Å². The number of primary amides is 1. The molecule has 96 valence electrons. The summed E-state index contributed by atoms with van der Waals surface area (Å²) in [7, 11) is 0. The lowest BCUT2D eigenvalue weighted by molar-refractivity contribution is -0.123. The van der Waals surface area contributed by atoms with Crippen LogP contribution in [0.1, 0.15) is 10.4 Å². The molecule has 0 bridgehead atoms. The molecule has 0 radical (unpaired) electrons. The maximum absolute atomic E-state index is 12.8. The topological polar surface area (TPSA) is 98.5 Å². The highest BCUT2D eigenvalue weighted by Gasteiger charge is 2.13. The zero-order valence-corrected chi connectivity index (χ0v) is 8.91. The molecule has 0 spiro atoms. The van der Waals surface area contributed by atoms with Gasteiger partial charge in [-0.25, -0.2) is 18.4 Å². The van der Waals surface area contributed by atoms with E-state index in [9.17, 15) is 23.2 Å². The van der Waals surface area contributed by atoms with Crippen molar-refractivity contribution in [1.82, 2.24) is 5.32 Å². The Morgan fingerprint density at radius 2 is 1.72 bits per heavy atom. The summed E-state index contributed by atoms with van der Waals surface area (Å²) in [5.74, 6) is -3.96. The Hall–Kier alpha value is -2.51. The summed E-state index contributed by atoms with van der Waals surface area (Å²) in [5, 5.41) is 1.65. The molecule has 1 aromatic carbocycles. The Kier molecular flexibility index (Phi) is 4.30. The van der Waals surface area contributed by atoms with Crippen LogP contribution in [0.2, 0.25) is 0 Å². The third kappa shape index (κ3) is 4.16. The van der Waals surface area contributed by atoms with E-state index in [0.717, 1.165) is 12.1 Å². The average molecular weight is 258 g/mol. The van der Waals surface area contributed by atoms with Crippen LogP contribution in [-0.2, 0) is 9.53 Å². The first-order valence-electron chi connectivity index (χ1n) is 4.61. The number of esters is 1. The van der Waals surface area contributed by atoms with E-state index in [1.807, 2.05) is 0 Å². The molecule has 0 aliphatic heterocycles. The van der Waals surface area contributed by atoms with Crippen LogP contribution in [0, 0.1) is 11.6 Å². The highest BCUT2D eigenvalue weighted by molar-refractivity contribution is 5.96. The van der Waals surface area contributed by atoms with Crippen molar-refractivity contribution in [1.29, 1.82) is 0 Å². The number of hydrogen-bond donors (Lipinski definition) is 2. The molecule has 6 nitrogen and oxygen atoms in total. The van der Waals surface area contributed by atoms with Crippen LogP contribution >= 0.6 is 0 Å². The standard InChI is InChI=1S/C10H8F2N2O4/c11-6-1-5(2-7(12)3-6)9(16)18-4-8(15)14-10(13)17/h1-3H,4H2,(H3,13,14,15,17). The minimum atomic E-state index is -1.10. The molecule has 0 saturated heterocycles. The lowest BCUT2D eigenvalue weighted by atomic mass is 10.2. The van der Waals surface area contributed by atoms with E-state index in [-0.39, 0.29) is 5.56 Å². The van der Waals surface area contributed by atoms with Crippen LogP contribution in [0.4, 0.5) is 13.6 Å². The second-order valence-electron chi connectivity index (χ2n) is 3.15. The molecule has 0 atom stereocenters. The van der Waals surface area contributed by atoms with Gasteiger partial charge in [0.25, 0.3) is 5.91 Å². The molecule has 3 amide bonds. The first-order valence-corrected chi connectivity index (χ1v) is 4.61. The number of carbonyl (C=O) groups excluding carboxylic acids is 3. The van der Waals surface area contributed by atoms with Gasteiger partial charge in [0.2, 0.25) is 0 Å². The van der Waals surface area contributed by atoms with Crippen LogP contribution in [0.15, 0.2) is 18.2 Å². The molecule has 3 N–H and O–H groups in total. The van der Waals surface area contributed by atoms with Gasteiger partial charge in [-0.3, -0.25) is 10.1 Å². The summed E-state index contributed by atoms with van der Waals surface area (Å²) >= 11 is 0. The van der Waals surface area contributed by atoms with Crippen molar-refractivity contribution in [3.05, 3.63) is 35.4 Å². The number of rotatable bonds is 3. The van der Waals surface area contributed by atoms with E-state index in [1.54, 1.807) is 5.32 Å². The van der Waals surface area contributed by atoms with Gasteiger partial charge < -0.3 is 10.5 Å². The van der Waals surface area contributed by atoms with Crippen molar-refractivity contribution in [3.8, 4) is 0 Å². The zero-order valence-electron chi connectivity index (χ0n) is 8.91. The molecule has 0 fully saturated rings. The van der Waals surface area contributed by atoms with E-state index in [1.165, 1.54) is 0 Å². The van der Waals surface area contributed by atoms with Gasteiger partial charge in [0.1, 0.15) is 11.6 Å². The predicted molar refractivity (Wildman–Crippen MR) is 54.4 cm³/mol. The number of halogens is 2. The number of benzene rings is 1. The van der Waals surface area contributed by atoms with Gasteiger partial charge in [0.05, 0.1) is 5.56 Å². The molecule has 0 aliphatic rings. The second kappa shape index (κ2) is 5.71. The molecule has 0 aliphatic carbocycles. The zero-order chi connectivity index (χ0) is 13.7. The van der Waals surface area contributed by atoms with Gasteiger partial charge in [-0.05, 0) is 12.1 Å². The molecule has 8 heteroatoms. The summed E-state index contributed by atoms with van der Waals surface area (Å²) in [5.41, 5.74) is 4.25. The Morgan fingerprint density at radius 1 is 1.17 bits per heavy atom. The molecule has 1 rings (SSSR count). The molecule has 0 heterocycles. The largest absolute Gasteiger partial charge is 0.452 e. The normalized spacial score (nSPS) is 9.67. The van der Waals surface area contributed by atoms with Crippen LogP contribution in [-0.4, -0.2) is 24.5 Å². The van der Waals surface area contributed by atoms with E-state index in [0.29, 0.717) is 6.07 Å². The number of carbonyl (C=O) groups is 3. The minimum Gasteiger partial charge on any atom is -0.452 e. The molecular formula is C10H8F2N2O4. The highest BCUT2D eigenvalue weighted by atomic mass is 19.1. The van der Waals surface area contributed by atoms with Gasteiger partial charge in [-0.2, -0.15) is 0 Å². The van der Waals surface area contributed by atoms with Gasteiger partial charge in [-0.1, -0.05) is 0 Å². The summed E-state index contributed by atoms with van der Waals surface area (Å²) in [6.45, 7) is -0.792. The number of nitrogens with one attached hydrogen (secondary N) is 1.